The Kier molecular flexibility index (Phi) is 5.17. The van der Waals surface area contributed by atoms with Gasteiger partial charge in [0.2, 0.25) is 0 Å². The lowest BCUT2D eigenvalue weighted by Gasteiger charge is -2.24. The summed E-state index contributed by atoms with van der Waals surface area (Å²) in [7, 11) is 0. The zero-order valence-corrected chi connectivity index (χ0v) is 14.4. The lowest BCUT2D eigenvalue weighted by Crippen LogP contribution is -2.47. The SMILES string of the molecule is O=C(NNc1ccccc1C(F)(F)F)[C@@H]1CCCN1C(=O)c1cccs1. The molecule has 1 atom stereocenters. The molecule has 0 aliphatic carbocycles. The van der Waals surface area contributed by atoms with E-state index in [1.54, 1.807) is 17.5 Å². The van der Waals surface area contributed by atoms with Gasteiger partial charge >= 0.3 is 6.18 Å². The van der Waals surface area contributed by atoms with E-state index in [0.717, 1.165) is 6.07 Å². The van der Waals surface area contributed by atoms with E-state index in [1.165, 1.54) is 34.4 Å². The number of carbonyl (C=O) groups is 2. The predicted octanol–water partition coefficient (Wildman–Crippen LogP) is 3.51. The first-order chi connectivity index (χ1) is 12.4. The smallest absolute Gasteiger partial charge is 0.326 e. The summed E-state index contributed by atoms with van der Waals surface area (Å²) >= 11 is 1.28. The molecular weight excluding hydrogens is 367 g/mol. The van der Waals surface area contributed by atoms with Crippen molar-refractivity contribution < 1.29 is 22.8 Å². The third-order valence-electron chi connectivity index (χ3n) is 4.10. The number of para-hydroxylation sites is 1. The summed E-state index contributed by atoms with van der Waals surface area (Å²) in [5.41, 5.74) is 3.52. The zero-order valence-electron chi connectivity index (χ0n) is 13.5. The Bertz CT molecular complexity index is 793. The fraction of sp³-hybridized carbons (Fsp3) is 0.294. The minimum absolute atomic E-state index is 0.242. The van der Waals surface area contributed by atoms with Crippen molar-refractivity contribution in [2.24, 2.45) is 0 Å². The molecule has 26 heavy (non-hydrogen) atoms. The van der Waals surface area contributed by atoms with Crippen molar-refractivity contribution in [2.75, 3.05) is 12.0 Å². The largest absolute Gasteiger partial charge is 0.418 e. The fourth-order valence-electron chi connectivity index (χ4n) is 2.88. The van der Waals surface area contributed by atoms with Crippen LogP contribution >= 0.6 is 11.3 Å². The number of thiophene rings is 1. The van der Waals surface area contributed by atoms with Crippen molar-refractivity contribution >= 4 is 28.8 Å². The van der Waals surface area contributed by atoms with Gasteiger partial charge in [0.1, 0.15) is 6.04 Å². The molecule has 1 aliphatic rings. The predicted molar refractivity (Wildman–Crippen MR) is 91.6 cm³/mol. The number of halogens is 3. The number of hydrogen-bond donors (Lipinski definition) is 2. The van der Waals surface area contributed by atoms with Crippen molar-refractivity contribution in [3.63, 3.8) is 0 Å². The zero-order chi connectivity index (χ0) is 18.7. The van der Waals surface area contributed by atoms with E-state index in [4.69, 9.17) is 0 Å². The highest BCUT2D eigenvalue weighted by molar-refractivity contribution is 7.12. The van der Waals surface area contributed by atoms with Gasteiger partial charge in [-0.1, -0.05) is 18.2 Å². The molecule has 1 aromatic carbocycles. The quantitative estimate of drug-likeness (QED) is 0.795. The van der Waals surface area contributed by atoms with Crippen molar-refractivity contribution in [3.05, 3.63) is 52.2 Å². The van der Waals surface area contributed by atoms with Gasteiger partial charge in [0.05, 0.1) is 16.1 Å². The number of nitrogens with zero attached hydrogens (tertiary/aromatic N) is 1. The van der Waals surface area contributed by atoms with Crippen LogP contribution in [0.1, 0.15) is 28.1 Å². The van der Waals surface area contributed by atoms with Crippen LogP contribution in [0.3, 0.4) is 0 Å². The van der Waals surface area contributed by atoms with Gasteiger partial charge in [0, 0.05) is 6.54 Å². The van der Waals surface area contributed by atoms with E-state index >= 15 is 0 Å². The molecule has 0 bridgehead atoms. The van der Waals surface area contributed by atoms with Crippen molar-refractivity contribution in [1.82, 2.24) is 10.3 Å². The van der Waals surface area contributed by atoms with Crippen molar-refractivity contribution in [2.45, 2.75) is 25.1 Å². The Morgan fingerprint density at radius 2 is 1.92 bits per heavy atom. The maximum Gasteiger partial charge on any atom is 0.418 e. The third-order valence-corrected chi connectivity index (χ3v) is 4.96. The number of likely N-dealkylation sites (tertiary alicyclic amines) is 1. The highest BCUT2D eigenvalue weighted by atomic mass is 32.1. The maximum atomic E-state index is 13.0. The minimum atomic E-state index is -4.54. The Balaban J connectivity index is 1.68. The molecule has 1 saturated heterocycles. The van der Waals surface area contributed by atoms with Crippen LogP contribution in [0.25, 0.3) is 0 Å². The first-order valence-corrected chi connectivity index (χ1v) is 8.82. The normalized spacial score (nSPS) is 17.2. The molecule has 0 saturated carbocycles. The van der Waals surface area contributed by atoms with E-state index in [0.29, 0.717) is 24.3 Å². The lowest BCUT2D eigenvalue weighted by molar-refractivity contribution is -0.137. The topological polar surface area (TPSA) is 61.4 Å². The van der Waals surface area contributed by atoms with Crippen LogP contribution in [0.15, 0.2) is 41.8 Å². The highest BCUT2D eigenvalue weighted by Crippen LogP contribution is 2.34. The average molecular weight is 383 g/mol. The van der Waals surface area contributed by atoms with Gasteiger partial charge < -0.3 is 4.90 Å². The van der Waals surface area contributed by atoms with Gasteiger partial charge in [0.25, 0.3) is 11.8 Å². The second-order valence-corrected chi connectivity index (χ2v) is 6.74. The molecule has 1 fully saturated rings. The summed E-state index contributed by atoms with van der Waals surface area (Å²) in [6.07, 6.45) is -3.41. The van der Waals surface area contributed by atoms with Crippen LogP contribution in [0.5, 0.6) is 0 Å². The second-order valence-electron chi connectivity index (χ2n) is 5.79. The highest BCUT2D eigenvalue weighted by Gasteiger charge is 2.36. The summed E-state index contributed by atoms with van der Waals surface area (Å²) in [5.74, 6) is -0.780. The first kappa shape index (κ1) is 18.2. The molecule has 2 N–H and O–H groups in total. The van der Waals surface area contributed by atoms with Gasteiger partial charge in [-0.15, -0.1) is 11.3 Å². The molecule has 2 heterocycles. The maximum absolute atomic E-state index is 13.0. The van der Waals surface area contributed by atoms with Crippen LogP contribution < -0.4 is 10.9 Å². The lowest BCUT2D eigenvalue weighted by atomic mass is 10.2. The number of alkyl halides is 3. The molecular formula is C17H16F3N3O2S. The van der Waals surface area contributed by atoms with E-state index < -0.39 is 23.7 Å². The van der Waals surface area contributed by atoms with Crippen LogP contribution in [0.4, 0.5) is 18.9 Å². The fourth-order valence-corrected chi connectivity index (χ4v) is 3.55. The van der Waals surface area contributed by atoms with E-state index in [2.05, 4.69) is 10.9 Å². The van der Waals surface area contributed by atoms with Crippen molar-refractivity contribution in [1.29, 1.82) is 0 Å². The standard InChI is InChI=1S/C17H16F3N3O2S/c18-17(19,20)11-5-1-2-6-12(11)21-22-15(24)13-7-3-9-23(13)16(25)14-8-4-10-26-14/h1-2,4-6,8,10,13,21H,3,7,9H2,(H,22,24)/t13-/m0/s1. The average Bonchev–Trinajstić information content (AvgIpc) is 3.30. The molecule has 3 rings (SSSR count). The Morgan fingerprint density at radius 1 is 1.15 bits per heavy atom. The molecule has 5 nitrogen and oxygen atoms in total. The van der Waals surface area contributed by atoms with E-state index in [1.807, 2.05) is 0 Å². The summed E-state index contributed by atoms with van der Waals surface area (Å²) in [6.45, 7) is 0.438. The van der Waals surface area contributed by atoms with E-state index in [-0.39, 0.29) is 11.6 Å². The summed E-state index contributed by atoms with van der Waals surface area (Å²) in [5, 5.41) is 1.77. The molecule has 0 radical (unpaired) electrons. The number of hydrogen-bond acceptors (Lipinski definition) is 4. The van der Waals surface area contributed by atoms with Crippen LogP contribution in [-0.4, -0.2) is 29.3 Å². The van der Waals surface area contributed by atoms with Gasteiger partial charge in [-0.25, -0.2) is 0 Å². The number of rotatable bonds is 4. The Morgan fingerprint density at radius 3 is 2.62 bits per heavy atom. The van der Waals surface area contributed by atoms with E-state index in [9.17, 15) is 22.8 Å². The van der Waals surface area contributed by atoms with Crippen LogP contribution in [0, 0.1) is 0 Å². The molecule has 0 spiro atoms. The van der Waals surface area contributed by atoms with Gasteiger partial charge in [-0.05, 0) is 36.4 Å². The molecule has 1 aromatic heterocycles. The number of benzene rings is 1. The Labute approximate surface area is 151 Å². The first-order valence-electron chi connectivity index (χ1n) is 7.94. The molecule has 9 heteroatoms. The monoisotopic (exact) mass is 383 g/mol. The number of carbonyl (C=O) groups excluding carboxylic acids is 2. The van der Waals surface area contributed by atoms with Gasteiger partial charge in [-0.2, -0.15) is 13.2 Å². The summed E-state index contributed by atoms with van der Waals surface area (Å²) < 4.78 is 39.0. The number of amides is 2. The van der Waals surface area contributed by atoms with Gasteiger partial charge in [-0.3, -0.25) is 20.4 Å². The number of hydrazine groups is 1. The van der Waals surface area contributed by atoms with Crippen LogP contribution in [0.2, 0.25) is 0 Å². The summed E-state index contributed by atoms with van der Waals surface area (Å²) in [4.78, 5) is 26.9. The van der Waals surface area contributed by atoms with Gasteiger partial charge in [0.15, 0.2) is 0 Å². The molecule has 138 valence electrons. The third kappa shape index (κ3) is 3.82. The van der Waals surface area contributed by atoms with Crippen molar-refractivity contribution in [3.8, 4) is 0 Å². The minimum Gasteiger partial charge on any atom is -0.326 e. The summed E-state index contributed by atoms with van der Waals surface area (Å²) in [6, 6.07) is 7.58. The molecule has 0 unspecified atom stereocenters. The molecule has 2 amide bonds. The number of anilines is 1. The Hall–Kier alpha value is -2.55. The second kappa shape index (κ2) is 7.36. The number of nitrogens with one attached hydrogen (secondary N) is 2. The molecule has 2 aromatic rings. The van der Waals surface area contributed by atoms with Crippen LogP contribution in [-0.2, 0) is 11.0 Å². The molecule has 1 aliphatic heterocycles.